The van der Waals surface area contributed by atoms with Crippen molar-refractivity contribution in [3.05, 3.63) is 23.9 Å². The van der Waals surface area contributed by atoms with E-state index in [2.05, 4.69) is 4.98 Å². The number of anilines is 1. The number of carboxylic acid groups (broad SMARTS) is 1. The second-order valence-electron chi connectivity index (χ2n) is 4.34. The zero-order valence-electron chi connectivity index (χ0n) is 9.96. The Kier molecular flexibility index (Phi) is 3.28. The van der Waals surface area contributed by atoms with Crippen LogP contribution in [0.1, 0.15) is 24.2 Å². The van der Waals surface area contributed by atoms with Crippen LogP contribution in [0.4, 0.5) is 5.82 Å². The highest BCUT2D eigenvalue weighted by molar-refractivity contribution is 5.93. The standard InChI is InChI=1S/C12H16N2O3/c1-8-6-14(7-9(2)17-8)11-10(12(15)16)4-3-5-13-11/h3-5,8-9H,6-7H2,1-2H3,(H,15,16)/t8-,9+. The second-order valence-corrected chi connectivity index (χ2v) is 4.34. The van der Waals surface area contributed by atoms with E-state index in [4.69, 9.17) is 9.84 Å². The fourth-order valence-electron chi connectivity index (χ4n) is 2.17. The van der Waals surface area contributed by atoms with Gasteiger partial charge in [-0.2, -0.15) is 0 Å². The summed E-state index contributed by atoms with van der Waals surface area (Å²) < 4.78 is 5.62. The summed E-state index contributed by atoms with van der Waals surface area (Å²) in [5, 5.41) is 9.13. The van der Waals surface area contributed by atoms with Crippen molar-refractivity contribution in [3.63, 3.8) is 0 Å². The lowest BCUT2D eigenvalue weighted by atomic mass is 10.2. The van der Waals surface area contributed by atoms with Gasteiger partial charge < -0.3 is 14.7 Å². The highest BCUT2D eigenvalue weighted by atomic mass is 16.5. The zero-order valence-corrected chi connectivity index (χ0v) is 9.96. The quantitative estimate of drug-likeness (QED) is 0.840. The molecule has 1 aliphatic heterocycles. The molecule has 17 heavy (non-hydrogen) atoms. The van der Waals surface area contributed by atoms with Crippen molar-refractivity contribution in [2.45, 2.75) is 26.1 Å². The average molecular weight is 236 g/mol. The lowest BCUT2D eigenvalue weighted by Gasteiger charge is -2.36. The van der Waals surface area contributed by atoms with E-state index < -0.39 is 5.97 Å². The summed E-state index contributed by atoms with van der Waals surface area (Å²) in [5.41, 5.74) is 0.244. The van der Waals surface area contributed by atoms with Crippen LogP contribution in [0.15, 0.2) is 18.3 Å². The summed E-state index contributed by atoms with van der Waals surface area (Å²) >= 11 is 0. The fraction of sp³-hybridized carbons (Fsp3) is 0.500. The van der Waals surface area contributed by atoms with Crippen molar-refractivity contribution in [2.24, 2.45) is 0 Å². The fourth-order valence-corrected chi connectivity index (χ4v) is 2.17. The molecule has 1 fully saturated rings. The normalized spacial score (nSPS) is 24.7. The van der Waals surface area contributed by atoms with Crippen LogP contribution in [0.3, 0.4) is 0 Å². The Morgan fingerprint density at radius 1 is 1.47 bits per heavy atom. The topological polar surface area (TPSA) is 62.7 Å². The molecule has 0 amide bonds. The molecule has 0 saturated carbocycles. The van der Waals surface area contributed by atoms with Crippen LogP contribution in [0.2, 0.25) is 0 Å². The Bertz CT molecular complexity index is 412. The first-order valence-electron chi connectivity index (χ1n) is 5.66. The van der Waals surface area contributed by atoms with Crippen LogP contribution in [-0.4, -0.2) is 41.4 Å². The third kappa shape index (κ3) is 2.55. The number of hydrogen-bond donors (Lipinski definition) is 1. The predicted molar refractivity (Wildman–Crippen MR) is 63.4 cm³/mol. The molecule has 0 radical (unpaired) electrons. The Labute approximate surface area is 100 Å². The molecule has 5 nitrogen and oxygen atoms in total. The maximum absolute atomic E-state index is 11.1. The number of hydrogen-bond acceptors (Lipinski definition) is 4. The molecule has 1 N–H and O–H groups in total. The maximum Gasteiger partial charge on any atom is 0.339 e. The molecule has 0 aromatic carbocycles. The first-order chi connectivity index (χ1) is 8.08. The molecule has 2 heterocycles. The van der Waals surface area contributed by atoms with Crippen LogP contribution >= 0.6 is 0 Å². The number of carbonyl (C=O) groups is 1. The van der Waals surface area contributed by atoms with E-state index in [0.29, 0.717) is 18.9 Å². The van der Waals surface area contributed by atoms with E-state index in [-0.39, 0.29) is 17.8 Å². The summed E-state index contributed by atoms with van der Waals surface area (Å²) in [7, 11) is 0. The summed E-state index contributed by atoms with van der Waals surface area (Å²) in [4.78, 5) is 17.3. The molecule has 0 spiro atoms. The molecule has 0 aliphatic carbocycles. The minimum Gasteiger partial charge on any atom is -0.478 e. The summed E-state index contributed by atoms with van der Waals surface area (Å²) in [6.45, 7) is 5.29. The number of nitrogens with zero attached hydrogens (tertiary/aromatic N) is 2. The number of carboxylic acids is 1. The maximum atomic E-state index is 11.1. The minimum absolute atomic E-state index is 0.0856. The summed E-state index contributed by atoms with van der Waals surface area (Å²) in [6, 6.07) is 3.22. The lowest BCUT2D eigenvalue weighted by Crippen LogP contribution is -2.46. The van der Waals surface area contributed by atoms with Crippen molar-refractivity contribution in [1.82, 2.24) is 4.98 Å². The Hall–Kier alpha value is -1.62. The van der Waals surface area contributed by atoms with Gasteiger partial charge in [0.1, 0.15) is 11.4 Å². The number of rotatable bonds is 2. The van der Waals surface area contributed by atoms with E-state index in [0.717, 1.165) is 0 Å². The third-order valence-corrected chi connectivity index (χ3v) is 2.74. The van der Waals surface area contributed by atoms with E-state index in [1.807, 2.05) is 18.7 Å². The van der Waals surface area contributed by atoms with Gasteiger partial charge in [0.2, 0.25) is 0 Å². The summed E-state index contributed by atoms with van der Waals surface area (Å²) in [5.74, 6) is -0.415. The van der Waals surface area contributed by atoms with Gasteiger partial charge in [-0.05, 0) is 26.0 Å². The number of pyridine rings is 1. The first-order valence-corrected chi connectivity index (χ1v) is 5.66. The molecular weight excluding hydrogens is 220 g/mol. The molecule has 1 aromatic rings. The van der Waals surface area contributed by atoms with Gasteiger partial charge >= 0.3 is 5.97 Å². The molecule has 5 heteroatoms. The van der Waals surface area contributed by atoms with Gasteiger partial charge in [0, 0.05) is 19.3 Å². The van der Waals surface area contributed by atoms with Crippen LogP contribution in [0.25, 0.3) is 0 Å². The van der Waals surface area contributed by atoms with Crippen molar-refractivity contribution < 1.29 is 14.6 Å². The van der Waals surface area contributed by atoms with E-state index in [9.17, 15) is 4.79 Å². The van der Waals surface area contributed by atoms with Crippen molar-refractivity contribution in [2.75, 3.05) is 18.0 Å². The number of morpholine rings is 1. The molecule has 92 valence electrons. The Balaban J connectivity index is 2.30. The van der Waals surface area contributed by atoms with Crippen molar-refractivity contribution in [3.8, 4) is 0 Å². The van der Waals surface area contributed by atoms with Gasteiger partial charge in [-0.1, -0.05) is 0 Å². The van der Waals surface area contributed by atoms with Gasteiger partial charge in [0.25, 0.3) is 0 Å². The van der Waals surface area contributed by atoms with Gasteiger partial charge in [0.15, 0.2) is 0 Å². The monoisotopic (exact) mass is 236 g/mol. The van der Waals surface area contributed by atoms with E-state index in [1.54, 1.807) is 18.3 Å². The van der Waals surface area contributed by atoms with Crippen molar-refractivity contribution >= 4 is 11.8 Å². The van der Waals surface area contributed by atoms with E-state index >= 15 is 0 Å². The van der Waals surface area contributed by atoms with Crippen LogP contribution < -0.4 is 4.90 Å². The SMILES string of the molecule is C[C@@H]1CN(c2ncccc2C(=O)O)C[C@H](C)O1. The van der Waals surface area contributed by atoms with Gasteiger partial charge in [0.05, 0.1) is 12.2 Å². The predicted octanol–water partition coefficient (Wildman–Crippen LogP) is 1.39. The largest absolute Gasteiger partial charge is 0.478 e. The van der Waals surface area contributed by atoms with E-state index in [1.165, 1.54) is 0 Å². The highest BCUT2D eigenvalue weighted by Gasteiger charge is 2.26. The van der Waals surface area contributed by atoms with Crippen LogP contribution in [-0.2, 0) is 4.74 Å². The second kappa shape index (κ2) is 4.71. The Morgan fingerprint density at radius 2 is 2.12 bits per heavy atom. The number of aromatic carboxylic acids is 1. The highest BCUT2D eigenvalue weighted by Crippen LogP contribution is 2.21. The van der Waals surface area contributed by atoms with Crippen LogP contribution in [0, 0.1) is 0 Å². The Morgan fingerprint density at radius 3 is 2.71 bits per heavy atom. The lowest BCUT2D eigenvalue weighted by molar-refractivity contribution is -0.00556. The first kappa shape index (κ1) is 11.9. The summed E-state index contributed by atoms with van der Waals surface area (Å²) in [6.07, 6.45) is 1.79. The number of ether oxygens (including phenoxy) is 1. The van der Waals surface area contributed by atoms with Crippen molar-refractivity contribution in [1.29, 1.82) is 0 Å². The third-order valence-electron chi connectivity index (χ3n) is 2.74. The number of aromatic nitrogens is 1. The molecule has 2 rings (SSSR count). The zero-order chi connectivity index (χ0) is 12.4. The average Bonchev–Trinajstić information content (AvgIpc) is 2.27. The molecular formula is C12H16N2O3. The molecule has 0 unspecified atom stereocenters. The molecule has 0 bridgehead atoms. The molecule has 1 aliphatic rings. The molecule has 1 saturated heterocycles. The van der Waals surface area contributed by atoms with Crippen LogP contribution in [0.5, 0.6) is 0 Å². The smallest absolute Gasteiger partial charge is 0.339 e. The van der Waals surface area contributed by atoms with Gasteiger partial charge in [-0.3, -0.25) is 0 Å². The van der Waals surface area contributed by atoms with Gasteiger partial charge in [-0.15, -0.1) is 0 Å². The molecule has 2 atom stereocenters. The van der Waals surface area contributed by atoms with Gasteiger partial charge in [-0.25, -0.2) is 9.78 Å². The minimum atomic E-state index is -0.945. The molecule has 1 aromatic heterocycles.